The van der Waals surface area contributed by atoms with Crippen molar-refractivity contribution in [3.05, 3.63) is 83.2 Å². The van der Waals surface area contributed by atoms with Gasteiger partial charge in [-0.05, 0) is 67.2 Å². The smallest absolute Gasteiger partial charge is 0.303 e. The topological polar surface area (TPSA) is 237 Å². The number of thioether (sulfide) groups is 1. The van der Waals surface area contributed by atoms with Gasteiger partial charge in [0.25, 0.3) is 0 Å². The summed E-state index contributed by atoms with van der Waals surface area (Å²) in [5, 5.41) is 16.7. The minimum atomic E-state index is -1.16. The normalized spacial score (nSPS) is 14.4. The van der Waals surface area contributed by atoms with Crippen LogP contribution in [0, 0.1) is 5.92 Å². The van der Waals surface area contributed by atoms with E-state index < -0.39 is 77.8 Å². The number of aliphatic carboxylic acids is 1. The highest BCUT2D eigenvalue weighted by atomic mass is 32.2. The van der Waals surface area contributed by atoms with Crippen LogP contribution in [0.3, 0.4) is 0 Å². The Morgan fingerprint density at radius 2 is 1.42 bits per heavy atom. The summed E-state index contributed by atoms with van der Waals surface area (Å²) in [7, 11) is 0. The number of halogens is 1. The van der Waals surface area contributed by atoms with E-state index in [2.05, 4.69) is 16.0 Å². The molecule has 4 amide bonds. The van der Waals surface area contributed by atoms with Gasteiger partial charge in [0.15, 0.2) is 5.78 Å². The number of carboxylic acid groups (broad SMARTS) is 1. The summed E-state index contributed by atoms with van der Waals surface area (Å²) >= 11 is 1.49. The highest BCUT2D eigenvalue weighted by Crippen LogP contribution is 2.15. The van der Waals surface area contributed by atoms with Gasteiger partial charge >= 0.3 is 5.97 Å². The van der Waals surface area contributed by atoms with E-state index in [-0.39, 0.29) is 43.6 Å². The Morgan fingerprint density at radius 3 is 2.00 bits per heavy atom. The van der Waals surface area contributed by atoms with Crippen molar-refractivity contribution in [2.24, 2.45) is 23.1 Å². The molecule has 0 aliphatic heterocycles. The fourth-order valence-corrected chi connectivity index (χ4v) is 5.68. The van der Waals surface area contributed by atoms with Gasteiger partial charge in [-0.3, -0.25) is 28.8 Å². The van der Waals surface area contributed by atoms with Crippen molar-refractivity contribution in [1.82, 2.24) is 16.0 Å². The van der Waals surface area contributed by atoms with E-state index in [1.54, 1.807) is 42.5 Å². The molecule has 0 heterocycles. The number of Topliss-reactive ketones (excluding diaryl/α,β-unsaturated/α-hetero) is 1. The molecule has 0 aromatic heterocycles. The van der Waals surface area contributed by atoms with Crippen LogP contribution in [0.4, 0.5) is 4.39 Å². The van der Waals surface area contributed by atoms with Gasteiger partial charge in [0.1, 0.15) is 17.9 Å². The first-order chi connectivity index (χ1) is 24.6. The molecule has 0 fully saturated rings. The second-order valence-electron chi connectivity index (χ2n) is 12.9. The maximum absolute atomic E-state index is 15.8. The average molecular weight is 743 g/mol. The van der Waals surface area contributed by atoms with Crippen molar-refractivity contribution in [2.75, 3.05) is 12.0 Å². The number of carbonyl (C=O) groups is 6. The molecule has 2 rings (SSSR count). The van der Waals surface area contributed by atoms with Crippen LogP contribution in [0.15, 0.2) is 66.5 Å². The number of rotatable bonds is 23. The van der Waals surface area contributed by atoms with Crippen molar-refractivity contribution in [3.63, 3.8) is 0 Å². The van der Waals surface area contributed by atoms with Crippen LogP contribution in [0.25, 0.3) is 0 Å². The fraction of sp³-hybridized carbons (Fsp3) is 0.459. The van der Waals surface area contributed by atoms with Crippen LogP contribution in [0.5, 0.6) is 0 Å². The van der Waals surface area contributed by atoms with E-state index in [0.29, 0.717) is 17.7 Å². The van der Waals surface area contributed by atoms with Gasteiger partial charge in [-0.1, -0.05) is 68.4 Å². The Bertz CT molecular complexity index is 1540. The molecular formula is C37H51FN6O7S. The summed E-state index contributed by atoms with van der Waals surface area (Å²) in [5.74, 6) is -4.19. The van der Waals surface area contributed by atoms with E-state index in [1.165, 1.54) is 23.9 Å². The van der Waals surface area contributed by atoms with E-state index in [9.17, 15) is 28.8 Å². The second-order valence-corrected chi connectivity index (χ2v) is 13.9. The van der Waals surface area contributed by atoms with Crippen molar-refractivity contribution < 1.29 is 38.3 Å². The Kier molecular flexibility index (Phi) is 18.7. The molecule has 2 aromatic carbocycles. The SMILES string of the molecule is CSCC[C@H](NC(=O)[C@H](CC(C)C)NC(=O)C/C=C(\F)[C@@H](Cc1ccccc1)NC(=O)[C@@H](N)Cc1ccc(C(=O)[C@@H](N)CCC(=O)O)cc1)C(N)=O. The first kappa shape index (κ1) is 43.6. The molecule has 0 unspecified atom stereocenters. The van der Waals surface area contributed by atoms with Gasteiger partial charge in [-0.2, -0.15) is 11.8 Å². The number of hydrogen-bond acceptors (Lipinski definition) is 9. The minimum absolute atomic E-state index is 0.00500. The highest BCUT2D eigenvalue weighted by molar-refractivity contribution is 7.98. The monoisotopic (exact) mass is 742 g/mol. The lowest BCUT2D eigenvalue weighted by Crippen LogP contribution is -2.53. The Hall–Kier alpha value is -4.60. The molecule has 10 N–H and O–H groups in total. The summed E-state index contributed by atoms with van der Waals surface area (Å²) in [6.07, 6.45) is 2.94. The van der Waals surface area contributed by atoms with Crippen molar-refractivity contribution in [1.29, 1.82) is 0 Å². The van der Waals surface area contributed by atoms with Gasteiger partial charge in [0, 0.05) is 18.4 Å². The number of carboxylic acids is 1. The molecule has 0 saturated carbocycles. The van der Waals surface area contributed by atoms with Gasteiger partial charge in [-0.25, -0.2) is 4.39 Å². The third-order valence-corrected chi connectivity index (χ3v) is 8.72. The first-order valence-corrected chi connectivity index (χ1v) is 18.4. The largest absolute Gasteiger partial charge is 0.481 e. The number of amides is 4. The molecule has 15 heteroatoms. The molecule has 0 aliphatic rings. The van der Waals surface area contributed by atoms with E-state index in [0.717, 1.165) is 11.6 Å². The van der Waals surface area contributed by atoms with Gasteiger partial charge in [-0.15, -0.1) is 0 Å². The summed E-state index contributed by atoms with van der Waals surface area (Å²) in [4.78, 5) is 74.4. The number of hydrogen-bond donors (Lipinski definition) is 7. The third kappa shape index (κ3) is 15.7. The molecule has 0 aliphatic carbocycles. The Balaban J connectivity index is 2.13. The molecule has 0 saturated heterocycles. The van der Waals surface area contributed by atoms with Gasteiger partial charge < -0.3 is 38.3 Å². The minimum Gasteiger partial charge on any atom is -0.481 e. The second kappa shape index (κ2) is 22.4. The van der Waals surface area contributed by atoms with Crippen LogP contribution >= 0.6 is 11.8 Å². The van der Waals surface area contributed by atoms with E-state index in [1.807, 2.05) is 20.1 Å². The zero-order valence-electron chi connectivity index (χ0n) is 29.8. The van der Waals surface area contributed by atoms with Crippen LogP contribution in [0.1, 0.15) is 67.4 Å². The lowest BCUT2D eigenvalue weighted by atomic mass is 9.98. The average Bonchev–Trinajstić information content (AvgIpc) is 3.10. The molecule has 13 nitrogen and oxygen atoms in total. The lowest BCUT2D eigenvalue weighted by molar-refractivity contribution is -0.137. The fourth-order valence-electron chi connectivity index (χ4n) is 5.20. The third-order valence-electron chi connectivity index (χ3n) is 8.08. The molecule has 2 aromatic rings. The number of nitrogens with two attached hydrogens (primary N) is 3. The number of nitrogens with one attached hydrogen (secondary N) is 3. The van der Waals surface area contributed by atoms with Crippen LogP contribution in [-0.2, 0) is 36.8 Å². The molecule has 5 atom stereocenters. The molecule has 0 spiro atoms. The number of carbonyl (C=O) groups excluding carboxylic acids is 5. The highest BCUT2D eigenvalue weighted by Gasteiger charge is 2.27. The molecule has 52 heavy (non-hydrogen) atoms. The van der Waals surface area contributed by atoms with E-state index >= 15 is 4.39 Å². The quantitative estimate of drug-likeness (QED) is 0.0820. The van der Waals surface area contributed by atoms with Crippen molar-refractivity contribution in [2.45, 2.75) is 89.0 Å². The maximum atomic E-state index is 15.8. The summed E-state index contributed by atoms with van der Waals surface area (Å²) in [6.45, 7) is 3.73. The van der Waals surface area contributed by atoms with Gasteiger partial charge in [0.05, 0.1) is 18.1 Å². The standard InChI is InChI=1S/C37H51FN6O7S/c1-22(2)19-31(37(51)43-29(35(41)49)17-18-52-3)42-32(45)15-13-26(38)30(21-23-7-5-4-6-8-23)44-36(50)28(40)20-24-9-11-25(12-10-24)34(48)27(39)14-16-33(46)47/h4-13,22,27-31H,14-21,39-40H2,1-3H3,(H2,41,49)(H,42,45)(H,43,51)(H,44,50)(H,46,47)/b26-13-/t27-,28-,29-,30+,31-/m0/s1. The summed E-state index contributed by atoms with van der Waals surface area (Å²) < 4.78 is 15.8. The lowest BCUT2D eigenvalue weighted by Gasteiger charge is -2.23. The first-order valence-electron chi connectivity index (χ1n) is 17.0. The number of benzene rings is 2. The zero-order chi connectivity index (χ0) is 38.8. The predicted molar refractivity (Wildman–Crippen MR) is 199 cm³/mol. The van der Waals surface area contributed by atoms with Crippen LogP contribution in [0.2, 0.25) is 0 Å². The Morgan fingerprint density at radius 1 is 0.808 bits per heavy atom. The van der Waals surface area contributed by atoms with E-state index in [4.69, 9.17) is 22.3 Å². The van der Waals surface area contributed by atoms with Crippen LogP contribution in [-0.4, -0.2) is 82.7 Å². The number of primary amides is 1. The summed E-state index contributed by atoms with van der Waals surface area (Å²) in [6, 6.07) is 10.0. The van der Waals surface area contributed by atoms with Crippen LogP contribution < -0.4 is 33.2 Å². The van der Waals surface area contributed by atoms with Crippen molar-refractivity contribution in [3.8, 4) is 0 Å². The molecule has 0 bridgehead atoms. The summed E-state index contributed by atoms with van der Waals surface area (Å²) in [5.41, 5.74) is 19.1. The van der Waals surface area contributed by atoms with Gasteiger partial charge in [0.2, 0.25) is 23.6 Å². The predicted octanol–water partition coefficient (Wildman–Crippen LogP) is 2.16. The van der Waals surface area contributed by atoms with Crippen molar-refractivity contribution >= 4 is 47.1 Å². The molecule has 0 radical (unpaired) electrons. The molecular weight excluding hydrogens is 692 g/mol. The zero-order valence-corrected chi connectivity index (χ0v) is 30.6. The number of ketones is 1. The molecule has 284 valence electrons. The Labute approximate surface area is 308 Å². The maximum Gasteiger partial charge on any atom is 0.303 e.